The number of aromatic nitrogens is 2. The molecule has 0 N–H and O–H groups in total. The summed E-state index contributed by atoms with van der Waals surface area (Å²) in [7, 11) is 4.13. The zero-order chi connectivity index (χ0) is 16.7. The van der Waals surface area contributed by atoms with Crippen molar-refractivity contribution in [2.75, 3.05) is 26.7 Å². The van der Waals surface area contributed by atoms with Crippen molar-refractivity contribution in [2.45, 2.75) is 25.3 Å². The summed E-state index contributed by atoms with van der Waals surface area (Å²) in [5, 5.41) is 0. The van der Waals surface area contributed by atoms with E-state index in [-0.39, 0.29) is 11.9 Å². The van der Waals surface area contributed by atoms with E-state index in [1.807, 2.05) is 36.5 Å². The fourth-order valence-corrected chi connectivity index (χ4v) is 4.03. The van der Waals surface area contributed by atoms with Crippen LogP contribution in [0.3, 0.4) is 0 Å². The molecule has 5 nitrogen and oxygen atoms in total. The molecule has 2 heterocycles. The minimum atomic E-state index is 0.152. The molecule has 126 valence electrons. The van der Waals surface area contributed by atoms with Crippen LogP contribution in [0.25, 0.3) is 0 Å². The Bertz CT molecular complexity index is 766. The first-order valence-corrected chi connectivity index (χ1v) is 8.72. The van der Waals surface area contributed by atoms with Crippen molar-refractivity contribution < 1.29 is 4.79 Å². The molecular formula is C19H24N4O. The number of carbonyl (C=O) groups is 1. The lowest BCUT2D eigenvalue weighted by atomic mass is 10.0. The number of nitrogens with zero attached hydrogens (tertiary/aromatic N) is 4. The van der Waals surface area contributed by atoms with Gasteiger partial charge in [-0.05, 0) is 43.5 Å². The molecule has 1 amide bonds. The number of amides is 1. The number of piperazine rings is 1. The summed E-state index contributed by atoms with van der Waals surface area (Å²) < 4.78 is 2.05. The summed E-state index contributed by atoms with van der Waals surface area (Å²) in [6.45, 7) is 2.35. The number of hydrogen-bond donors (Lipinski definition) is 0. The number of imidazole rings is 1. The second-order valence-corrected chi connectivity index (χ2v) is 6.94. The maximum absolute atomic E-state index is 13.1. The molecule has 5 heteroatoms. The molecule has 0 unspecified atom stereocenters. The molecule has 0 bridgehead atoms. The quantitative estimate of drug-likeness (QED) is 0.849. The smallest absolute Gasteiger partial charge is 0.254 e. The van der Waals surface area contributed by atoms with Crippen molar-refractivity contribution in [1.29, 1.82) is 0 Å². The SMILES string of the molecule is CN1CCN(C(=O)c2cccc3c2CCC3)C[C@H]1c1nccn1C. The van der Waals surface area contributed by atoms with Crippen LogP contribution in [0.5, 0.6) is 0 Å². The molecule has 0 saturated carbocycles. The van der Waals surface area contributed by atoms with Crippen molar-refractivity contribution >= 4 is 5.91 Å². The van der Waals surface area contributed by atoms with Crippen LogP contribution in [-0.2, 0) is 19.9 Å². The average molecular weight is 324 g/mol. The van der Waals surface area contributed by atoms with Crippen LogP contribution in [-0.4, -0.2) is 51.9 Å². The summed E-state index contributed by atoms with van der Waals surface area (Å²) in [6, 6.07) is 6.35. The number of rotatable bonds is 2. The van der Waals surface area contributed by atoms with Gasteiger partial charge in [-0.25, -0.2) is 4.98 Å². The Labute approximate surface area is 142 Å². The van der Waals surface area contributed by atoms with Gasteiger partial charge in [0.1, 0.15) is 5.82 Å². The highest BCUT2D eigenvalue weighted by atomic mass is 16.2. The molecule has 4 rings (SSSR count). The van der Waals surface area contributed by atoms with E-state index in [0.717, 1.165) is 43.7 Å². The third kappa shape index (κ3) is 2.53. The molecule has 1 aromatic heterocycles. The summed E-state index contributed by atoms with van der Waals surface area (Å²) in [5.41, 5.74) is 3.54. The van der Waals surface area contributed by atoms with Crippen molar-refractivity contribution in [1.82, 2.24) is 19.4 Å². The second kappa shape index (κ2) is 6.06. The van der Waals surface area contributed by atoms with Gasteiger partial charge in [-0.2, -0.15) is 0 Å². The minimum absolute atomic E-state index is 0.152. The molecule has 1 aliphatic heterocycles. The number of benzene rings is 1. The van der Waals surface area contributed by atoms with Crippen LogP contribution in [0.15, 0.2) is 30.6 Å². The Morgan fingerprint density at radius 2 is 2.08 bits per heavy atom. The van der Waals surface area contributed by atoms with E-state index in [4.69, 9.17) is 0 Å². The van der Waals surface area contributed by atoms with Gasteiger partial charge in [0, 0.05) is 44.6 Å². The van der Waals surface area contributed by atoms with Crippen LogP contribution in [0.2, 0.25) is 0 Å². The monoisotopic (exact) mass is 324 g/mol. The average Bonchev–Trinajstić information content (AvgIpc) is 3.23. The Morgan fingerprint density at radius 3 is 2.88 bits per heavy atom. The molecular weight excluding hydrogens is 300 g/mol. The standard InChI is InChI=1S/C19H24N4O/c1-21-11-12-23(13-17(21)18-20-9-10-22(18)2)19(24)16-8-4-6-14-5-3-7-15(14)16/h4,6,8-10,17H,3,5,7,11-13H2,1-2H3/t17-/m0/s1. The molecule has 2 aliphatic rings. The van der Waals surface area contributed by atoms with Gasteiger partial charge in [0.2, 0.25) is 0 Å². The summed E-state index contributed by atoms with van der Waals surface area (Å²) >= 11 is 0. The van der Waals surface area contributed by atoms with Gasteiger partial charge in [0.05, 0.1) is 6.04 Å². The first-order chi connectivity index (χ1) is 11.6. The van der Waals surface area contributed by atoms with Crippen LogP contribution >= 0.6 is 0 Å². The highest BCUT2D eigenvalue weighted by Gasteiger charge is 2.32. The van der Waals surface area contributed by atoms with Gasteiger partial charge < -0.3 is 9.47 Å². The Kier molecular flexibility index (Phi) is 3.88. The van der Waals surface area contributed by atoms with Gasteiger partial charge in [-0.1, -0.05) is 12.1 Å². The van der Waals surface area contributed by atoms with E-state index in [1.54, 1.807) is 0 Å². The molecule has 2 aromatic rings. The van der Waals surface area contributed by atoms with E-state index >= 15 is 0 Å². The minimum Gasteiger partial charge on any atom is -0.337 e. The number of carbonyl (C=O) groups excluding carboxylic acids is 1. The van der Waals surface area contributed by atoms with Gasteiger partial charge in [-0.3, -0.25) is 9.69 Å². The number of hydrogen-bond acceptors (Lipinski definition) is 3. The first-order valence-electron chi connectivity index (χ1n) is 8.72. The van der Waals surface area contributed by atoms with Gasteiger partial charge >= 0.3 is 0 Å². The van der Waals surface area contributed by atoms with E-state index in [2.05, 4.69) is 27.6 Å². The largest absolute Gasteiger partial charge is 0.337 e. The van der Waals surface area contributed by atoms with Gasteiger partial charge in [0.15, 0.2) is 0 Å². The number of aryl methyl sites for hydroxylation is 2. The van der Waals surface area contributed by atoms with Crippen molar-refractivity contribution in [3.8, 4) is 0 Å². The molecule has 1 saturated heterocycles. The van der Waals surface area contributed by atoms with Gasteiger partial charge in [0.25, 0.3) is 5.91 Å². The third-order valence-electron chi connectivity index (χ3n) is 5.47. The van der Waals surface area contributed by atoms with Crippen LogP contribution < -0.4 is 0 Å². The maximum atomic E-state index is 13.1. The number of likely N-dealkylation sites (N-methyl/N-ethyl adjacent to an activating group) is 1. The second-order valence-electron chi connectivity index (χ2n) is 6.94. The molecule has 0 spiro atoms. The molecule has 0 radical (unpaired) electrons. The lowest BCUT2D eigenvalue weighted by Gasteiger charge is -2.39. The normalized spacial score (nSPS) is 21.1. The number of fused-ring (bicyclic) bond motifs is 1. The Hall–Kier alpha value is -2.14. The predicted octanol–water partition coefficient (Wildman–Crippen LogP) is 2.04. The highest BCUT2D eigenvalue weighted by Crippen LogP contribution is 2.28. The van der Waals surface area contributed by atoms with Crippen LogP contribution in [0.4, 0.5) is 0 Å². The van der Waals surface area contributed by atoms with E-state index < -0.39 is 0 Å². The van der Waals surface area contributed by atoms with Crippen molar-refractivity contribution in [3.63, 3.8) is 0 Å². The van der Waals surface area contributed by atoms with Crippen molar-refractivity contribution in [3.05, 3.63) is 53.1 Å². The van der Waals surface area contributed by atoms with E-state index in [9.17, 15) is 4.79 Å². The zero-order valence-electron chi connectivity index (χ0n) is 14.4. The highest BCUT2D eigenvalue weighted by molar-refractivity contribution is 5.96. The summed E-state index contributed by atoms with van der Waals surface area (Å²) in [4.78, 5) is 21.9. The Balaban J connectivity index is 1.60. The fraction of sp³-hybridized carbons (Fsp3) is 0.474. The zero-order valence-corrected chi connectivity index (χ0v) is 14.4. The molecule has 24 heavy (non-hydrogen) atoms. The molecule has 1 aliphatic carbocycles. The third-order valence-corrected chi connectivity index (χ3v) is 5.47. The lowest BCUT2D eigenvalue weighted by Crippen LogP contribution is -2.49. The Morgan fingerprint density at radius 1 is 1.21 bits per heavy atom. The summed E-state index contributed by atoms with van der Waals surface area (Å²) in [6.07, 6.45) is 7.10. The molecule has 1 fully saturated rings. The maximum Gasteiger partial charge on any atom is 0.254 e. The predicted molar refractivity (Wildman–Crippen MR) is 92.9 cm³/mol. The first kappa shape index (κ1) is 15.4. The van der Waals surface area contributed by atoms with E-state index in [1.165, 1.54) is 11.1 Å². The van der Waals surface area contributed by atoms with Crippen LogP contribution in [0, 0.1) is 0 Å². The fourth-order valence-electron chi connectivity index (χ4n) is 4.03. The summed E-state index contributed by atoms with van der Waals surface area (Å²) in [5.74, 6) is 1.20. The van der Waals surface area contributed by atoms with Gasteiger partial charge in [-0.15, -0.1) is 0 Å². The van der Waals surface area contributed by atoms with Crippen molar-refractivity contribution in [2.24, 2.45) is 7.05 Å². The van der Waals surface area contributed by atoms with E-state index in [0.29, 0.717) is 6.54 Å². The molecule has 1 aromatic carbocycles. The molecule has 1 atom stereocenters. The van der Waals surface area contributed by atoms with Crippen LogP contribution in [0.1, 0.15) is 39.8 Å². The lowest BCUT2D eigenvalue weighted by molar-refractivity contribution is 0.0528. The topological polar surface area (TPSA) is 41.4 Å².